The van der Waals surface area contributed by atoms with E-state index in [9.17, 15) is 4.79 Å². The first-order valence-electron chi connectivity index (χ1n) is 8.81. The number of hydrogen-bond acceptors (Lipinski definition) is 4. The number of amides is 1. The van der Waals surface area contributed by atoms with E-state index in [2.05, 4.69) is 20.2 Å². The molecular weight excluding hydrogens is 340 g/mol. The Hall–Kier alpha value is -1.63. The van der Waals surface area contributed by atoms with Crippen LogP contribution in [0.5, 0.6) is 0 Å². The van der Waals surface area contributed by atoms with Crippen molar-refractivity contribution in [3.05, 3.63) is 24.3 Å². The van der Waals surface area contributed by atoms with Crippen LogP contribution in [-0.4, -0.2) is 41.8 Å². The van der Waals surface area contributed by atoms with Crippen molar-refractivity contribution in [2.75, 3.05) is 31.6 Å². The fourth-order valence-corrected chi connectivity index (χ4v) is 2.75. The Morgan fingerprint density at radius 3 is 2.92 bits per heavy atom. The van der Waals surface area contributed by atoms with Gasteiger partial charge in [0.1, 0.15) is 0 Å². The molecule has 0 unspecified atom stereocenters. The summed E-state index contributed by atoms with van der Waals surface area (Å²) >= 11 is 0. The summed E-state index contributed by atoms with van der Waals surface area (Å²) in [5.41, 5.74) is 1.94. The number of fused-ring (bicyclic) bond motifs is 1. The monoisotopic (exact) mass is 366 g/mol. The molecule has 1 aromatic carbocycles. The average molecular weight is 367 g/mol. The van der Waals surface area contributed by atoms with Gasteiger partial charge in [0.25, 0.3) is 0 Å². The molecule has 7 heteroatoms. The van der Waals surface area contributed by atoms with Crippen LogP contribution in [0.4, 0.5) is 5.95 Å². The van der Waals surface area contributed by atoms with Gasteiger partial charge in [0, 0.05) is 19.8 Å². The smallest absolute Gasteiger partial charge is 0.240 e. The summed E-state index contributed by atoms with van der Waals surface area (Å²) in [4.78, 5) is 16.7. The SMILES string of the molecule is CCOCCCn1c(NC(=O)CNCC2CC2)nc2ccccc21.Cl. The second kappa shape index (κ2) is 9.75. The van der Waals surface area contributed by atoms with Gasteiger partial charge in [-0.2, -0.15) is 0 Å². The maximum atomic E-state index is 12.2. The van der Waals surface area contributed by atoms with Gasteiger partial charge < -0.3 is 14.6 Å². The van der Waals surface area contributed by atoms with Crippen LogP contribution in [0, 0.1) is 5.92 Å². The molecule has 1 aromatic heterocycles. The number of nitrogens with zero attached hydrogens (tertiary/aromatic N) is 2. The number of anilines is 1. The van der Waals surface area contributed by atoms with Gasteiger partial charge in [0.15, 0.2) is 0 Å². The number of benzene rings is 1. The minimum Gasteiger partial charge on any atom is -0.382 e. The highest BCUT2D eigenvalue weighted by atomic mass is 35.5. The lowest BCUT2D eigenvalue weighted by atomic mass is 10.3. The normalized spacial score (nSPS) is 13.6. The molecule has 6 nitrogen and oxygen atoms in total. The zero-order valence-corrected chi connectivity index (χ0v) is 15.5. The number of rotatable bonds is 10. The maximum absolute atomic E-state index is 12.2. The number of carbonyl (C=O) groups excluding carboxylic acids is 1. The van der Waals surface area contributed by atoms with Crippen LogP contribution >= 0.6 is 12.4 Å². The first-order valence-corrected chi connectivity index (χ1v) is 8.81. The Labute approximate surface area is 154 Å². The van der Waals surface area contributed by atoms with Crippen LogP contribution in [0.15, 0.2) is 24.3 Å². The number of ether oxygens (including phenoxy) is 1. The van der Waals surface area contributed by atoms with Crippen LogP contribution in [0.25, 0.3) is 11.0 Å². The van der Waals surface area contributed by atoms with E-state index < -0.39 is 0 Å². The molecule has 3 rings (SSSR count). The quantitative estimate of drug-likeness (QED) is 0.634. The molecule has 0 spiro atoms. The molecule has 0 saturated heterocycles. The van der Waals surface area contributed by atoms with Crippen molar-refractivity contribution in [3.8, 4) is 0 Å². The number of imidazole rings is 1. The Morgan fingerprint density at radius 1 is 1.36 bits per heavy atom. The molecule has 25 heavy (non-hydrogen) atoms. The van der Waals surface area contributed by atoms with Gasteiger partial charge in [0.05, 0.1) is 17.6 Å². The molecule has 0 bridgehead atoms. The van der Waals surface area contributed by atoms with Crippen molar-refractivity contribution in [3.63, 3.8) is 0 Å². The van der Waals surface area contributed by atoms with E-state index in [1.54, 1.807) is 0 Å². The molecule has 1 saturated carbocycles. The lowest BCUT2D eigenvalue weighted by Crippen LogP contribution is -2.30. The van der Waals surface area contributed by atoms with Crippen LogP contribution in [0.2, 0.25) is 0 Å². The van der Waals surface area contributed by atoms with Crippen LogP contribution < -0.4 is 10.6 Å². The first kappa shape index (κ1) is 19.7. The largest absolute Gasteiger partial charge is 0.382 e. The number of para-hydroxylation sites is 2. The predicted molar refractivity (Wildman–Crippen MR) is 102 cm³/mol. The topological polar surface area (TPSA) is 68.2 Å². The molecule has 1 aliphatic rings. The van der Waals surface area contributed by atoms with Crippen molar-refractivity contribution >= 4 is 35.3 Å². The summed E-state index contributed by atoms with van der Waals surface area (Å²) in [5.74, 6) is 1.34. The second-order valence-corrected chi connectivity index (χ2v) is 6.25. The van der Waals surface area contributed by atoms with Gasteiger partial charge in [-0.3, -0.25) is 10.1 Å². The van der Waals surface area contributed by atoms with Gasteiger partial charge in [-0.15, -0.1) is 12.4 Å². The predicted octanol–water partition coefficient (Wildman–Crippen LogP) is 2.82. The third-order valence-corrected chi connectivity index (χ3v) is 4.20. The molecule has 0 aliphatic heterocycles. The number of hydrogen-bond donors (Lipinski definition) is 2. The summed E-state index contributed by atoms with van der Waals surface area (Å²) in [6, 6.07) is 7.95. The van der Waals surface area contributed by atoms with Gasteiger partial charge in [0.2, 0.25) is 11.9 Å². The lowest BCUT2D eigenvalue weighted by Gasteiger charge is -2.10. The zero-order valence-electron chi connectivity index (χ0n) is 14.7. The Morgan fingerprint density at radius 2 is 2.16 bits per heavy atom. The number of halogens is 1. The van der Waals surface area contributed by atoms with Crippen molar-refractivity contribution in [2.45, 2.75) is 32.7 Å². The minimum absolute atomic E-state index is 0. The zero-order chi connectivity index (χ0) is 16.8. The summed E-state index contributed by atoms with van der Waals surface area (Å²) in [7, 11) is 0. The van der Waals surface area contributed by atoms with E-state index in [1.807, 2.05) is 31.2 Å². The highest BCUT2D eigenvalue weighted by Gasteiger charge is 2.21. The first-order chi connectivity index (χ1) is 11.8. The van der Waals surface area contributed by atoms with Crippen molar-refractivity contribution in [1.82, 2.24) is 14.9 Å². The van der Waals surface area contributed by atoms with Crippen LogP contribution in [-0.2, 0) is 16.1 Å². The summed E-state index contributed by atoms with van der Waals surface area (Å²) in [6.45, 7) is 5.45. The Kier molecular flexibility index (Phi) is 7.68. The highest BCUT2D eigenvalue weighted by Crippen LogP contribution is 2.27. The van der Waals surface area contributed by atoms with Gasteiger partial charge in [-0.1, -0.05) is 12.1 Å². The molecule has 0 atom stereocenters. The third-order valence-electron chi connectivity index (χ3n) is 4.20. The standard InChI is InChI=1S/C18H26N4O2.ClH/c1-2-24-11-5-10-22-16-7-4-3-6-15(16)20-18(22)21-17(23)13-19-12-14-8-9-14;/h3-4,6-7,14,19H,2,5,8-13H2,1H3,(H,20,21,23);1H. The second-order valence-electron chi connectivity index (χ2n) is 6.25. The summed E-state index contributed by atoms with van der Waals surface area (Å²) in [6.07, 6.45) is 3.45. The molecule has 1 fully saturated rings. The number of aromatic nitrogens is 2. The fourth-order valence-electron chi connectivity index (χ4n) is 2.75. The molecule has 1 amide bonds. The molecular formula is C18H27ClN4O2. The highest BCUT2D eigenvalue weighted by molar-refractivity contribution is 5.92. The lowest BCUT2D eigenvalue weighted by molar-refractivity contribution is -0.115. The fraction of sp³-hybridized carbons (Fsp3) is 0.556. The van der Waals surface area contributed by atoms with E-state index in [4.69, 9.17) is 4.74 Å². The van der Waals surface area contributed by atoms with Gasteiger partial charge in [-0.05, 0) is 50.8 Å². The van der Waals surface area contributed by atoms with Crippen molar-refractivity contribution in [2.24, 2.45) is 5.92 Å². The number of aryl methyl sites for hydroxylation is 1. The molecule has 138 valence electrons. The van der Waals surface area contributed by atoms with Crippen molar-refractivity contribution < 1.29 is 9.53 Å². The van der Waals surface area contributed by atoms with Gasteiger partial charge in [-0.25, -0.2) is 4.98 Å². The minimum atomic E-state index is -0.0444. The number of carbonyl (C=O) groups is 1. The van der Waals surface area contributed by atoms with Gasteiger partial charge >= 0.3 is 0 Å². The third kappa shape index (κ3) is 5.70. The molecule has 1 heterocycles. The molecule has 1 aliphatic carbocycles. The Balaban J connectivity index is 0.00000225. The molecule has 2 N–H and O–H groups in total. The number of nitrogens with one attached hydrogen (secondary N) is 2. The average Bonchev–Trinajstić information content (AvgIpc) is 3.34. The van der Waals surface area contributed by atoms with E-state index in [0.29, 0.717) is 19.1 Å². The van der Waals surface area contributed by atoms with E-state index in [-0.39, 0.29) is 18.3 Å². The van der Waals surface area contributed by atoms with E-state index in [1.165, 1.54) is 12.8 Å². The Bertz CT molecular complexity index is 685. The van der Waals surface area contributed by atoms with Crippen LogP contribution in [0.1, 0.15) is 26.2 Å². The molecule has 2 aromatic rings. The maximum Gasteiger partial charge on any atom is 0.240 e. The molecule has 0 radical (unpaired) electrons. The summed E-state index contributed by atoms with van der Waals surface area (Å²) < 4.78 is 7.48. The van der Waals surface area contributed by atoms with Crippen LogP contribution in [0.3, 0.4) is 0 Å². The van der Waals surface area contributed by atoms with E-state index in [0.717, 1.165) is 43.1 Å². The van der Waals surface area contributed by atoms with Crippen molar-refractivity contribution in [1.29, 1.82) is 0 Å². The van der Waals surface area contributed by atoms with E-state index >= 15 is 0 Å². The summed E-state index contributed by atoms with van der Waals surface area (Å²) in [5, 5.41) is 6.16.